The van der Waals surface area contributed by atoms with E-state index in [0.29, 0.717) is 25.7 Å². The molecule has 1 unspecified atom stereocenters. The minimum absolute atomic E-state index is 0.165. The summed E-state index contributed by atoms with van der Waals surface area (Å²) in [5.41, 5.74) is 0. The Hall–Kier alpha value is -4.97. The molecule has 1 atom stereocenters. The first kappa shape index (κ1) is 50.0. The van der Waals surface area contributed by atoms with Crippen molar-refractivity contribution in [3.8, 4) is 0 Å². The molecule has 0 fully saturated rings. The maximum Gasteiger partial charge on any atom is 0.306 e. The van der Waals surface area contributed by atoms with Crippen LogP contribution in [0.5, 0.6) is 0 Å². The molecule has 300 valence electrons. The van der Waals surface area contributed by atoms with Crippen LogP contribution in [0.25, 0.3) is 0 Å². The van der Waals surface area contributed by atoms with Gasteiger partial charge in [-0.1, -0.05) is 179 Å². The van der Waals surface area contributed by atoms with Crippen LogP contribution in [0.1, 0.15) is 111 Å². The van der Waals surface area contributed by atoms with Crippen molar-refractivity contribution in [3.63, 3.8) is 0 Å². The van der Waals surface area contributed by atoms with E-state index in [9.17, 15) is 14.4 Å². The zero-order chi connectivity index (χ0) is 40.1. The van der Waals surface area contributed by atoms with Crippen molar-refractivity contribution in [1.82, 2.24) is 0 Å². The van der Waals surface area contributed by atoms with Crippen LogP contribution in [-0.2, 0) is 28.6 Å². The van der Waals surface area contributed by atoms with E-state index in [2.05, 4.69) is 69.4 Å². The van der Waals surface area contributed by atoms with Crippen molar-refractivity contribution in [2.24, 2.45) is 0 Å². The third kappa shape index (κ3) is 40.1. The predicted octanol–water partition coefficient (Wildman–Crippen LogP) is 12.7. The number of rotatable bonds is 32. The molecule has 0 N–H and O–H groups in total. The van der Waals surface area contributed by atoms with Crippen LogP contribution in [0.15, 0.2) is 158 Å². The molecule has 0 aromatic carbocycles. The minimum atomic E-state index is -0.869. The lowest BCUT2D eigenvalue weighted by Crippen LogP contribution is -2.30. The highest BCUT2D eigenvalue weighted by molar-refractivity contribution is 5.71. The number of allylic oxidation sites excluding steroid dienone is 26. The van der Waals surface area contributed by atoms with Crippen molar-refractivity contribution in [1.29, 1.82) is 0 Å². The Morgan fingerprint density at radius 3 is 1.13 bits per heavy atom. The Balaban J connectivity index is 4.76. The molecule has 0 saturated carbocycles. The molecule has 0 rings (SSSR count). The topological polar surface area (TPSA) is 78.9 Å². The van der Waals surface area contributed by atoms with Crippen molar-refractivity contribution in [2.75, 3.05) is 13.2 Å². The summed E-state index contributed by atoms with van der Waals surface area (Å²) in [6.45, 7) is 5.98. The lowest BCUT2D eigenvalue weighted by atomic mass is 10.2. The Bertz CT molecular complexity index is 1370. The molecule has 0 radical (unpaired) electrons. The first-order valence-electron chi connectivity index (χ1n) is 20.1. The summed E-state index contributed by atoms with van der Waals surface area (Å²) in [6.07, 6.45) is 61.1. The third-order valence-electron chi connectivity index (χ3n) is 7.26. The van der Waals surface area contributed by atoms with Crippen LogP contribution in [0.4, 0.5) is 0 Å². The van der Waals surface area contributed by atoms with Gasteiger partial charge in [0.1, 0.15) is 13.2 Å². The fraction of sp³-hybridized carbons (Fsp3) is 0.408. The van der Waals surface area contributed by atoms with Gasteiger partial charge in [0.05, 0.1) is 0 Å². The number of hydrogen-bond acceptors (Lipinski definition) is 6. The largest absolute Gasteiger partial charge is 0.462 e. The van der Waals surface area contributed by atoms with Crippen LogP contribution in [0, 0.1) is 0 Å². The van der Waals surface area contributed by atoms with E-state index in [1.165, 1.54) is 0 Å². The van der Waals surface area contributed by atoms with Crippen LogP contribution >= 0.6 is 0 Å². The highest BCUT2D eigenvalue weighted by atomic mass is 16.6. The van der Waals surface area contributed by atoms with Gasteiger partial charge in [0.2, 0.25) is 0 Å². The second kappa shape index (κ2) is 41.8. The fourth-order valence-electron chi connectivity index (χ4n) is 4.35. The maximum absolute atomic E-state index is 12.6. The summed E-state index contributed by atoms with van der Waals surface area (Å²) in [6, 6.07) is 0. The first-order valence-corrected chi connectivity index (χ1v) is 20.1. The van der Waals surface area contributed by atoms with Crippen molar-refractivity contribution in [3.05, 3.63) is 158 Å². The number of carbonyl (C=O) groups is 3. The van der Waals surface area contributed by atoms with E-state index in [4.69, 9.17) is 14.2 Å². The molecular weight excluding hydrogens is 685 g/mol. The number of carbonyl (C=O) groups excluding carboxylic acids is 3. The molecule has 0 aromatic rings. The van der Waals surface area contributed by atoms with Gasteiger partial charge in [0.25, 0.3) is 0 Å². The van der Waals surface area contributed by atoms with E-state index in [0.717, 1.165) is 44.9 Å². The second-order valence-electron chi connectivity index (χ2n) is 12.3. The average molecular weight is 753 g/mol. The molecule has 55 heavy (non-hydrogen) atoms. The molecular formula is C49H68O6. The zero-order valence-electron chi connectivity index (χ0n) is 33.9. The summed E-state index contributed by atoms with van der Waals surface area (Å²) in [7, 11) is 0. The number of hydrogen-bond donors (Lipinski definition) is 0. The molecule has 0 aliphatic rings. The molecule has 0 aliphatic carbocycles. The minimum Gasteiger partial charge on any atom is -0.462 e. The van der Waals surface area contributed by atoms with Gasteiger partial charge in [-0.05, 0) is 70.6 Å². The lowest BCUT2D eigenvalue weighted by molar-refractivity contribution is -0.166. The zero-order valence-corrected chi connectivity index (χ0v) is 33.9. The molecule has 0 spiro atoms. The average Bonchev–Trinajstić information content (AvgIpc) is 3.18. The summed E-state index contributed by atoms with van der Waals surface area (Å²) >= 11 is 0. The van der Waals surface area contributed by atoms with Crippen molar-refractivity contribution < 1.29 is 28.6 Å². The third-order valence-corrected chi connectivity index (χ3v) is 7.26. The van der Waals surface area contributed by atoms with Crippen LogP contribution in [0.3, 0.4) is 0 Å². The van der Waals surface area contributed by atoms with E-state index < -0.39 is 12.1 Å². The van der Waals surface area contributed by atoms with Crippen molar-refractivity contribution >= 4 is 17.9 Å². The van der Waals surface area contributed by atoms with Gasteiger partial charge in [-0.25, -0.2) is 0 Å². The molecule has 0 aliphatic heterocycles. The number of ether oxygens (including phenoxy) is 3. The lowest BCUT2D eigenvalue weighted by Gasteiger charge is -2.18. The molecule has 0 heterocycles. The normalized spacial score (nSPS) is 13.7. The van der Waals surface area contributed by atoms with Gasteiger partial charge < -0.3 is 14.2 Å². The van der Waals surface area contributed by atoms with Crippen LogP contribution < -0.4 is 0 Å². The van der Waals surface area contributed by atoms with Gasteiger partial charge in [-0.15, -0.1) is 0 Å². The second-order valence-corrected chi connectivity index (χ2v) is 12.3. The number of esters is 3. The number of unbranched alkanes of at least 4 members (excludes halogenated alkanes) is 3. The van der Waals surface area contributed by atoms with E-state index in [1.807, 2.05) is 109 Å². The smallest absolute Gasteiger partial charge is 0.306 e. The van der Waals surface area contributed by atoms with Crippen molar-refractivity contribution in [2.45, 2.75) is 117 Å². The molecule has 0 amide bonds. The molecule has 0 saturated heterocycles. The highest BCUT2D eigenvalue weighted by Crippen LogP contribution is 2.08. The molecule has 6 nitrogen and oxygen atoms in total. The monoisotopic (exact) mass is 753 g/mol. The Labute approximate surface area is 333 Å². The van der Waals surface area contributed by atoms with E-state index in [-0.39, 0.29) is 44.4 Å². The van der Waals surface area contributed by atoms with Gasteiger partial charge in [0.15, 0.2) is 6.10 Å². The maximum atomic E-state index is 12.6. The standard InChI is InChI=1S/C49H68O6/c1-4-7-10-13-16-19-22-24-27-30-33-36-39-42-48(51)54-45-46(44-53-47(50)41-38-35-32-29-26-21-18-15-12-9-6-3)55-49(52)43-40-37-34-31-28-25-23-20-17-14-11-8-5-2/h7-14,16-25,27-34,46H,4-6,15,26,35-45H2,1-3H3/b10-7-,11-8-,12-9-,16-13-,17-14-,21-18-,22-19-,23-20-,27-24-,28-25-,32-29-,33-30-,34-31-. The van der Waals surface area contributed by atoms with E-state index >= 15 is 0 Å². The Morgan fingerprint density at radius 2 is 0.709 bits per heavy atom. The van der Waals surface area contributed by atoms with Gasteiger partial charge >= 0.3 is 17.9 Å². The summed E-state index contributed by atoms with van der Waals surface area (Å²) in [5, 5.41) is 0. The quantitative estimate of drug-likeness (QED) is 0.0224. The van der Waals surface area contributed by atoms with E-state index in [1.54, 1.807) is 0 Å². The van der Waals surface area contributed by atoms with Gasteiger partial charge in [0, 0.05) is 19.3 Å². The summed E-state index contributed by atoms with van der Waals surface area (Å²) in [4.78, 5) is 37.5. The SMILES string of the molecule is CC\C=C/C=C\C=C/C=C\C=C/CCCC(=O)OCC(COC(=O)CCC/C=C\C/C=C\C/C=C\CC)OC(=O)CCC\C=C/C=C\C=C/C=C\C=C/CC. The Morgan fingerprint density at radius 1 is 0.382 bits per heavy atom. The highest BCUT2D eigenvalue weighted by Gasteiger charge is 2.19. The van der Waals surface area contributed by atoms with Crippen LogP contribution in [-0.4, -0.2) is 37.2 Å². The first-order chi connectivity index (χ1) is 27.0. The van der Waals surface area contributed by atoms with Crippen LogP contribution in [0.2, 0.25) is 0 Å². The Kier molecular flexibility index (Phi) is 38.0. The molecule has 0 bridgehead atoms. The van der Waals surface area contributed by atoms with Gasteiger partial charge in [-0.3, -0.25) is 14.4 Å². The summed E-state index contributed by atoms with van der Waals surface area (Å²) < 4.78 is 16.4. The molecule has 6 heteroatoms. The predicted molar refractivity (Wildman–Crippen MR) is 232 cm³/mol. The molecule has 0 aromatic heterocycles. The fourth-order valence-corrected chi connectivity index (χ4v) is 4.35. The summed E-state index contributed by atoms with van der Waals surface area (Å²) in [5.74, 6) is -1.19. The van der Waals surface area contributed by atoms with Gasteiger partial charge in [-0.2, -0.15) is 0 Å².